The fourth-order valence-electron chi connectivity index (χ4n) is 3.41. The molecule has 1 aromatic rings. The molecule has 8 nitrogen and oxygen atoms in total. The highest BCUT2D eigenvalue weighted by Crippen LogP contribution is 2.34. The zero-order valence-corrected chi connectivity index (χ0v) is 14.2. The minimum absolute atomic E-state index is 0.00699. The highest BCUT2D eigenvalue weighted by molar-refractivity contribution is 5.76. The first-order valence-electron chi connectivity index (χ1n) is 8.51. The first kappa shape index (κ1) is 17.6. The van der Waals surface area contributed by atoms with Gasteiger partial charge in [-0.15, -0.1) is 0 Å². The Balaban J connectivity index is 1.88. The summed E-state index contributed by atoms with van der Waals surface area (Å²) < 4.78 is 16.0. The van der Waals surface area contributed by atoms with Gasteiger partial charge >= 0.3 is 5.97 Å². The SMILES string of the molecule is CCOC(=O)[C@@H]1CCCCN1Cc1cc([N+](=O)[O-])cc2c1OCOC2. The molecule has 25 heavy (non-hydrogen) atoms. The molecule has 1 aromatic carbocycles. The molecule has 0 amide bonds. The van der Waals surface area contributed by atoms with Crippen molar-refractivity contribution in [1.82, 2.24) is 4.90 Å². The number of carbonyl (C=O) groups is 1. The van der Waals surface area contributed by atoms with Gasteiger partial charge < -0.3 is 14.2 Å². The number of fused-ring (bicyclic) bond motifs is 1. The van der Waals surface area contributed by atoms with Gasteiger partial charge in [-0.05, 0) is 26.3 Å². The van der Waals surface area contributed by atoms with Crippen molar-refractivity contribution in [3.8, 4) is 5.75 Å². The summed E-state index contributed by atoms with van der Waals surface area (Å²) in [6.45, 7) is 3.70. The Morgan fingerprint density at radius 1 is 1.44 bits per heavy atom. The lowest BCUT2D eigenvalue weighted by Gasteiger charge is -2.34. The third-order valence-electron chi connectivity index (χ3n) is 4.53. The molecule has 0 aliphatic carbocycles. The maximum absolute atomic E-state index is 12.2. The van der Waals surface area contributed by atoms with Crippen molar-refractivity contribution in [2.45, 2.75) is 45.4 Å². The fourth-order valence-corrected chi connectivity index (χ4v) is 3.41. The first-order valence-corrected chi connectivity index (χ1v) is 8.51. The number of carbonyl (C=O) groups excluding carboxylic acids is 1. The second-order valence-corrected chi connectivity index (χ2v) is 6.20. The topological polar surface area (TPSA) is 91.1 Å². The Morgan fingerprint density at radius 3 is 3.04 bits per heavy atom. The van der Waals surface area contributed by atoms with Gasteiger partial charge in [0.2, 0.25) is 0 Å². The molecule has 0 bridgehead atoms. The predicted octanol–water partition coefficient (Wildman–Crippen LogP) is 2.38. The van der Waals surface area contributed by atoms with Gasteiger partial charge in [0, 0.05) is 29.8 Å². The largest absolute Gasteiger partial charge is 0.467 e. The molecule has 2 heterocycles. The van der Waals surface area contributed by atoms with E-state index in [1.807, 2.05) is 4.90 Å². The summed E-state index contributed by atoms with van der Waals surface area (Å²) in [4.78, 5) is 25.1. The van der Waals surface area contributed by atoms with Crippen LogP contribution in [0.25, 0.3) is 0 Å². The summed E-state index contributed by atoms with van der Waals surface area (Å²) in [7, 11) is 0. The van der Waals surface area contributed by atoms with Crippen LogP contribution in [-0.4, -0.2) is 41.8 Å². The third kappa shape index (κ3) is 3.91. The molecule has 0 unspecified atom stereocenters. The summed E-state index contributed by atoms with van der Waals surface area (Å²) in [5.74, 6) is 0.399. The molecule has 1 atom stereocenters. The number of rotatable bonds is 5. The van der Waals surface area contributed by atoms with Crippen LogP contribution in [0, 0.1) is 10.1 Å². The highest BCUT2D eigenvalue weighted by Gasteiger charge is 2.31. The number of non-ortho nitro benzene ring substituents is 1. The number of nitrogens with zero attached hydrogens (tertiary/aromatic N) is 2. The maximum atomic E-state index is 12.2. The van der Waals surface area contributed by atoms with Crippen molar-refractivity contribution in [3.63, 3.8) is 0 Å². The van der Waals surface area contributed by atoms with E-state index in [4.69, 9.17) is 14.2 Å². The number of hydrogen-bond donors (Lipinski definition) is 0. The molecule has 1 saturated heterocycles. The lowest BCUT2D eigenvalue weighted by atomic mass is 10.00. The maximum Gasteiger partial charge on any atom is 0.323 e. The van der Waals surface area contributed by atoms with Crippen LogP contribution in [0.2, 0.25) is 0 Å². The molecule has 0 N–H and O–H groups in total. The smallest absolute Gasteiger partial charge is 0.323 e. The zero-order valence-electron chi connectivity index (χ0n) is 14.2. The average molecular weight is 350 g/mol. The fraction of sp³-hybridized carbons (Fsp3) is 0.588. The lowest BCUT2D eigenvalue weighted by molar-refractivity contribution is -0.385. The number of piperidine rings is 1. The van der Waals surface area contributed by atoms with E-state index in [0.29, 0.717) is 30.0 Å². The van der Waals surface area contributed by atoms with Gasteiger partial charge in [0.05, 0.1) is 18.1 Å². The third-order valence-corrected chi connectivity index (χ3v) is 4.53. The number of esters is 1. The molecule has 136 valence electrons. The van der Waals surface area contributed by atoms with Crippen LogP contribution in [0.3, 0.4) is 0 Å². The normalized spacial score (nSPS) is 20.4. The molecule has 2 aliphatic heterocycles. The number of nitro groups is 1. The minimum Gasteiger partial charge on any atom is -0.467 e. The lowest BCUT2D eigenvalue weighted by Crippen LogP contribution is -2.45. The number of nitro benzene ring substituents is 1. The Bertz CT molecular complexity index is 663. The summed E-state index contributed by atoms with van der Waals surface area (Å²) in [5, 5.41) is 11.2. The van der Waals surface area contributed by atoms with Crippen molar-refractivity contribution in [2.24, 2.45) is 0 Å². The van der Waals surface area contributed by atoms with Crippen LogP contribution in [0.5, 0.6) is 5.75 Å². The molecular formula is C17H22N2O6. The second-order valence-electron chi connectivity index (χ2n) is 6.20. The number of ether oxygens (including phenoxy) is 3. The van der Waals surface area contributed by atoms with Crippen molar-refractivity contribution in [2.75, 3.05) is 19.9 Å². The summed E-state index contributed by atoms with van der Waals surface area (Å²) in [5.41, 5.74) is 1.39. The molecule has 0 spiro atoms. The van der Waals surface area contributed by atoms with E-state index < -0.39 is 4.92 Å². The van der Waals surface area contributed by atoms with E-state index in [1.165, 1.54) is 12.1 Å². The second kappa shape index (κ2) is 7.79. The van der Waals surface area contributed by atoms with E-state index in [1.54, 1.807) is 6.92 Å². The van der Waals surface area contributed by atoms with Crippen molar-refractivity contribution in [1.29, 1.82) is 0 Å². The number of hydrogen-bond acceptors (Lipinski definition) is 7. The van der Waals surface area contributed by atoms with Crippen LogP contribution in [-0.2, 0) is 27.4 Å². The highest BCUT2D eigenvalue weighted by atomic mass is 16.7. The molecule has 0 aromatic heterocycles. The van der Waals surface area contributed by atoms with Gasteiger partial charge in [0.15, 0.2) is 6.79 Å². The molecule has 2 aliphatic rings. The summed E-state index contributed by atoms with van der Waals surface area (Å²) in [6, 6.07) is 2.70. The van der Waals surface area contributed by atoms with E-state index in [-0.39, 0.29) is 31.1 Å². The standard InChI is InChI=1S/C17H22N2O6/c1-2-24-17(20)15-5-3-4-6-18(15)9-12-7-14(19(21)22)8-13-10-23-11-25-16(12)13/h7-8,15H,2-6,9-11H2,1H3/t15-/m0/s1. The minimum atomic E-state index is -0.419. The number of likely N-dealkylation sites (tertiary alicyclic amines) is 1. The quantitative estimate of drug-likeness (QED) is 0.457. The van der Waals surface area contributed by atoms with Gasteiger partial charge in [0.1, 0.15) is 11.8 Å². The molecule has 3 rings (SSSR count). The van der Waals surface area contributed by atoms with E-state index in [0.717, 1.165) is 25.8 Å². The van der Waals surface area contributed by atoms with Gasteiger partial charge in [0.25, 0.3) is 5.69 Å². The van der Waals surface area contributed by atoms with Crippen molar-refractivity contribution in [3.05, 3.63) is 33.4 Å². The van der Waals surface area contributed by atoms with Crippen LogP contribution < -0.4 is 4.74 Å². The molecule has 8 heteroatoms. The predicted molar refractivity (Wildman–Crippen MR) is 88.1 cm³/mol. The summed E-state index contributed by atoms with van der Waals surface area (Å²) in [6.07, 6.45) is 2.69. The van der Waals surface area contributed by atoms with Crippen LogP contribution >= 0.6 is 0 Å². The van der Waals surface area contributed by atoms with Crippen LogP contribution in [0.4, 0.5) is 5.69 Å². The van der Waals surface area contributed by atoms with Gasteiger partial charge in [-0.25, -0.2) is 0 Å². The van der Waals surface area contributed by atoms with Crippen LogP contribution in [0.15, 0.2) is 12.1 Å². The van der Waals surface area contributed by atoms with Crippen molar-refractivity contribution < 1.29 is 23.9 Å². The van der Waals surface area contributed by atoms with Gasteiger partial charge in [-0.3, -0.25) is 19.8 Å². The van der Waals surface area contributed by atoms with E-state index >= 15 is 0 Å². The molecule has 1 fully saturated rings. The summed E-state index contributed by atoms with van der Waals surface area (Å²) >= 11 is 0. The Hall–Kier alpha value is -2.19. The van der Waals surface area contributed by atoms with Gasteiger partial charge in [-0.1, -0.05) is 6.42 Å². The average Bonchev–Trinajstić information content (AvgIpc) is 2.62. The van der Waals surface area contributed by atoms with Gasteiger partial charge in [-0.2, -0.15) is 0 Å². The van der Waals surface area contributed by atoms with E-state index in [2.05, 4.69) is 0 Å². The number of benzene rings is 1. The van der Waals surface area contributed by atoms with Crippen LogP contribution in [0.1, 0.15) is 37.3 Å². The van der Waals surface area contributed by atoms with E-state index in [9.17, 15) is 14.9 Å². The zero-order chi connectivity index (χ0) is 17.8. The van der Waals surface area contributed by atoms with Crippen molar-refractivity contribution >= 4 is 11.7 Å². The Morgan fingerprint density at radius 2 is 2.28 bits per heavy atom. The Kier molecular flexibility index (Phi) is 5.50. The molecular weight excluding hydrogens is 328 g/mol. The first-order chi connectivity index (χ1) is 12.1. The Labute approximate surface area is 145 Å². The molecule has 0 radical (unpaired) electrons. The monoisotopic (exact) mass is 350 g/mol. The molecule has 0 saturated carbocycles.